The highest BCUT2D eigenvalue weighted by Gasteiger charge is 2.38. The molecule has 124 valence electrons. The molecule has 8 nitrogen and oxygen atoms in total. The molecule has 3 atom stereocenters. The van der Waals surface area contributed by atoms with E-state index in [4.69, 9.17) is 10.5 Å². The first kappa shape index (κ1) is 15.9. The van der Waals surface area contributed by atoms with Crippen LogP contribution in [0.3, 0.4) is 0 Å². The Morgan fingerprint density at radius 1 is 1.43 bits per heavy atom. The lowest BCUT2D eigenvalue weighted by molar-refractivity contribution is -0.0166. The Morgan fingerprint density at radius 2 is 2.26 bits per heavy atom. The van der Waals surface area contributed by atoms with Crippen LogP contribution in [0.15, 0.2) is 12.4 Å². The van der Waals surface area contributed by atoms with Crippen LogP contribution in [-0.2, 0) is 4.74 Å². The summed E-state index contributed by atoms with van der Waals surface area (Å²) in [5.41, 5.74) is 6.81. The molecular weight excluding hydrogens is 298 g/mol. The van der Waals surface area contributed by atoms with Crippen LogP contribution in [0.2, 0.25) is 0 Å². The molecule has 0 aliphatic carbocycles. The third-order valence-corrected chi connectivity index (χ3v) is 3.90. The summed E-state index contributed by atoms with van der Waals surface area (Å²) >= 11 is 0. The first-order valence-corrected chi connectivity index (χ1v) is 7.76. The molecule has 0 aromatic carbocycles. The number of anilines is 1. The largest absolute Gasteiger partial charge is 0.388 e. The summed E-state index contributed by atoms with van der Waals surface area (Å²) in [5.74, 6) is 0.839. The van der Waals surface area contributed by atoms with Crippen molar-refractivity contribution in [2.24, 2.45) is 0 Å². The summed E-state index contributed by atoms with van der Waals surface area (Å²) in [6.07, 6.45) is 5.60. The Labute approximate surface area is 133 Å². The van der Waals surface area contributed by atoms with Crippen molar-refractivity contribution in [3.63, 3.8) is 0 Å². The van der Waals surface area contributed by atoms with Crippen molar-refractivity contribution in [3.05, 3.63) is 18.2 Å². The van der Waals surface area contributed by atoms with Crippen LogP contribution >= 0.6 is 0 Å². The summed E-state index contributed by atoms with van der Waals surface area (Å²) in [5, 5.41) is 19.9. The van der Waals surface area contributed by atoms with Gasteiger partial charge in [0.15, 0.2) is 23.2 Å². The highest BCUT2D eigenvalue weighted by atomic mass is 16.5. The summed E-state index contributed by atoms with van der Waals surface area (Å²) in [6.45, 7) is 2.19. The number of fused-ring (bicyclic) bond motifs is 1. The van der Waals surface area contributed by atoms with Gasteiger partial charge in [-0.25, -0.2) is 15.0 Å². The number of imidazole rings is 1. The van der Waals surface area contributed by atoms with Gasteiger partial charge in [-0.05, 0) is 12.5 Å². The van der Waals surface area contributed by atoms with E-state index in [1.807, 2.05) is 12.2 Å². The lowest BCUT2D eigenvalue weighted by atomic mass is 10.2. The predicted octanol–water partition coefficient (Wildman–Crippen LogP) is 0.862. The number of hydrogen-bond acceptors (Lipinski definition) is 7. The van der Waals surface area contributed by atoms with Gasteiger partial charge in [-0.15, -0.1) is 0 Å². The van der Waals surface area contributed by atoms with E-state index in [9.17, 15) is 10.2 Å². The number of unbranched alkanes of at least 4 members (excludes halogenated alkanes) is 2. The zero-order valence-corrected chi connectivity index (χ0v) is 13.0. The maximum absolute atomic E-state index is 10.2. The summed E-state index contributed by atoms with van der Waals surface area (Å²) in [7, 11) is 0. The van der Waals surface area contributed by atoms with E-state index < -0.39 is 18.4 Å². The number of nitrogens with zero attached hydrogens (tertiary/aromatic N) is 4. The van der Waals surface area contributed by atoms with Crippen molar-refractivity contribution in [1.82, 2.24) is 19.5 Å². The number of rotatable bonds is 5. The number of nitrogen functional groups attached to an aromatic ring is 1. The summed E-state index contributed by atoms with van der Waals surface area (Å²) in [4.78, 5) is 12.6. The first-order valence-electron chi connectivity index (χ1n) is 7.76. The Bertz CT molecular complexity index is 714. The second-order valence-electron chi connectivity index (χ2n) is 5.60. The molecule has 0 radical (unpaired) electrons. The maximum atomic E-state index is 10.2. The Hall–Kier alpha value is -2.03. The van der Waals surface area contributed by atoms with Crippen LogP contribution in [0.25, 0.3) is 17.2 Å². The van der Waals surface area contributed by atoms with Gasteiger partial charge in [0.2, 0.25) is 0 Å². The highest BCUT2D eigenvalue weighted by molar-refractivity contribution is 5.83. The lowest BCUT2D eigenvalue weighted by Crippen LogP contribution is -2.28. The number of nitrogens with two attached hydrogens (primary N) is 1. The molecule has 0 amide bonds. The van der Waals surface area contributed by atoms with E-state index in [0.29, 0.717) is 17.0 Å². The van der Waals surface area contributed by atoms with Gasteiger partial charge in [0.05, 0.1) is 6.61 Å². The van der Waals surface area contributed by atoms with Gasteiger partial charge in [-0.3, -0.25) is 4.57 Å². The van der Waals surface area contributed by atoms with Crippen LogP contribution < -0.4 is 5.73 Å². The maximum Gasteiger partial charge on any atom is 0.168 e. The molecule has 2 aromatic heterocycles. The third kappa shape index (κ3) is 2.92. The van der Waals surface area contributed by atoms with E-state index in [2.05, 4.69) is 21.9 Å². The minimum atomic E-state index is -1.05. The zero-order valence-electron chi connectivity index (χ0n) is 13.0. The van der Waals surface area contributed by atoms with Gasteiger partial charge >= 0.3 is 0 Å². The number of aliphatic hydroxyl groups is 2. The van der Waals surface area contributed by atoms with Crippen LogP contribution in [0, 0.1) is 0 Å². The second-order valence-corrected chi connectivity index (χ2v) is 5.60. The molecule has 2 aromatic rings. The standard InChI is InChI=1S/C15H21N5O3/c1-2-3-4-5-6-10-19-11-13(16)17-8-18-14(11)20(10)15-12(22)9(21)7-23-15/h5-6,8-9,12,15,21-22H,2-4,7H2,1H3,(H2,16,17,18)/b6-5+/t9-,12-,15+/m0/s1. The van der Waals surface area contributed by atoms with Crippen LogP contribution in [-0.4, -0.2) is 48.5 Å². The Balaban J connectivity index is 2.05. The van der Waals surface area contributed by atoms with Gasteiger partial charge in [0.25, 0.3) is 0 Å². The molecule has 4 N–H and O–H groups in total. The van der Waals surface area contributed by atoms with Crippen LogP contribution in [0.1, 0.15) is 38.2 Å². The van der Waals surface area contributed by atoms with Gasteiger partial charge in [-0.2, -0.15) is 0 Å². The molecule has 0 unspecified atom stereocenters. The average molecular weight is 319 g/mol. The second kappa shape index (κ2) is 6.61. The van der Waals surface area contributed by atoms with Crippen molar-refractivity contribution >= 4 is 23.1 Å². The third-order valence-electron chi connectivity index (χ3n) is 3.90. The van der Waals surface area contributed by atoms with Gasteiger partial charge in [0.1, 0.15) is 24.4 Å². The molecule has 8 heteroatoms. The minimum absolute atomic E-state index is 0.0606. The highest BCUT2D eigenvalue weighted by Crippen LogP contribution is 2.30. The molecule has 1 saturated heterocycles. The fourth-order valence-electron chi connectivity index (χ4n) is 2.63. The monoisotopic (exact) mass is 319 g/mol. The number of ether oxygens (including phenoxy) is 1. The number of hydrogen-bond donors (Lipinski definition) is 3. The molecule has 1 aliphatic rings. The molecule has 1 fully saturated rings. The van der Waals surface area contributed by atoms with Crippen molar-refractivity contribution in [1.29, 1.82) is 0 Å². The first-order chi connectivity index (χ1) is 11.1. The van der Waals surface area contributed by atoms with Crippen molar-refractivity contribution in [3.8, 4) is 0 Å². The van der Waals surface area contributed by atoms with E-state index in [-0.39, 0.29) is 12.4 Å². The normalized spacial score (nSPS) is 24.9. The molecule has 0 bridgehead atoms. The van der Waals surface area contributed by atoms with Gasteiger partial charge in [0, 0.05) is 0 Å². The fourth-order valence-corrected chi connectivity index (χ4v) is 2.63. The number of allylic oxidation sites excluding steroid dienone is 1. The van der Waals surface area contributed by atoms with Crippen molar-refractivity contribution in [2.75, 3.05) is 12.3 Å². The molecule has 1 aliphatic heterocycles. The zero-order chi connectivity index (χ0) is 16.4. The smallest absolute Gasteiger partial charge is 0.168 e. The molecular formula is C15H21N5O3. The summed E-state index contributed by atoms with van der Waals surface area (Å²) in [6, 6.07) is 0. The summed E-state index contributed by atoms with van der Waals surface area (Å²) < 4.78 is 7.19. The Morgan fingerprint density at radius 3 is 2.96 bits per heavy atom. The molecule has 3 heterocycles. The molecule has 0 spiro atoms. The van der Waals surface area contributed by atoms with E-state index in [1.165, 1.54) is 6.33 Å². The van der Waals surface area contributed by atoms with E-state index >= 15 is 0 Å². The number of aromatic nitrogens is 4. The van der Waals surface area contributed by atoms with Gasteiger partial charge < -0.3 is 20.7 Å². The Kier molecular flexibility index (Phi) is 4.56. The van der Waals surface area contributed by atoms with Crippen LogP contribution in [0.5, 0.6) is 0 Å². The van der Waals surface area contributed by atoms with Crippen molar-refractivity contribution < 1.29 is 14.9 Å². The predicted molar refractivity (Wildman–Crippen MR) is 85.3 cm³/mol. The van der Waals surface area contributed by atoms with Crippen molar-refractivity contribution in [2.45, 2.75) is 44.6 Å². The van der Waals surface area contributed by atoms with Crippen LogP contribution in [0.4, 0.5) is 5.82 Å². The molecule has 3 rings (SSSR count). The van der Waals surface area contributed by atoms with E-state index in [0.717, 1.165) is 19.3 Å². The topological polar surface area (TPSA) is 119 Å². The lowest BCUT2D eigenvalue weighted by Gasteiger charge is -2.18. The minimum Gasteiger partial charge on any atom is -0.388 e. The quantitative estimate of drug-likeness (QED) is 0.699. The van der Waals surface area contributed by atoms with Gasteiger partial charge in [-0.1, -0.05) is 25.8 Å². The number of aliphatic hydroxyl groups excluding tert-OH is 2. The SMILES string of the molecule is CCCC/C=C/c1nc2c(N)ncnc2n1[C@@H]1OC[C@H](O)[C@@H]1O. The fraction of sp³-hybridized carbons (Fsp3) is 0.533. The molecule has 0 saturated carbocycles. The van der Waals surface area contributed by atoms with E-state index in [1.54, 1.807) is 4.57 Å². The average Bonchev–Trinajstić information content (AvgIpc) is 3.06. The molecule has 23 heavy (non-hydrogen) atoms.